The Morgan fingerprint density at radius 3 is 3.21 bits per heavy atom. The maximum absolute atomic E-state index is 5.85. The third-order valence-corrected chi connectivity index (χ3v) is 3.03. The molecule has 0 bridgehead atoms. The number of hydrogen-bond acceptors (Lipinski definition) is 4. The molecule has 0 amide bonds. The molecular formula is C8H9ClN4S. The van der Waals surface area contributed by atoms with Crippen LogP contribution in [0.5, 0.6) is 0 Å². The molecule has 0 unspecified atom stereocenters. The average molecular weight is 229 g/mol. The molecule has 0 spiro atoms. The highest BCUT2D eigenvalue weighted by Gasteiger charge is 2.05. The predicted octanol–water partition coefficient (Wildman–Crippen LogP) is 2.28. The fourth-order valence-corrected chi connectivity index (χ4v) is 2.17. The molecule has 2 heterocycles. The monoisotopic (exact) mass is 228 g/mol. The van der Waals surface area contributed by atoms with Crippen molar-refractivity contribution >= 4 is 29.1 Å². The number of hydrogen-bond donors (Lipinski definition) is 0. The molecular weight excluding hydrogens is 220 g/mol. The lowest BCUT2D eigenvalue weighted by Crippen LogP contribution is -1.95. The molecule has 0 aliphatic rings. The Hall–Kier alpha value is -0.810. The summed E-state index contributed by atoms with van der Waals surface area (Å²) in [5.74, 6) is 1.59. The quantitative estimate of drug-likeness (QED) is 0.597. The summed E-state index contributed by atoms with van der Waals surface area (Å²) in [4.78, 5) is 8.04. The molecule has 0 aliphatic heterocycles. The third kappa shape index (κ3) is 1.83. The molecule has 0 fully saturated rings. The van der Waals surface area contributed by atoms with Crippen molar-refractivity contribution in [3.8, 4) is 0 Å². The largest absolute Gasteiger partial charge is 0.254 e. The van der Waals surface area contributed by atoms with E-state index in [1.54, 1.807) is 16.3 Å². The van der Waals surface area contributed by atoms with Crippen molar-refractivity contribution < 1.29 is 0 Å². The summed E-state index contributed by atoms with van der Waals surface area (Å²) < 4.78 is 1.70. The van der Waals surface area contributed by atoms with Crippen LogP contribution < -0.4 is 0 Å². The van der Waals surface area contributed by atoms with E-state index in [9.17, 15) is 0 Å². The highest BCUT2D eigenvalue weighted by atomic mass is 35.5. The van der Waals surface area contributed by atoms with E-state index in [2.05, 4.69) is 22.0 Å². The predicted molar refractivity (Wildman–Crippen MR) is 56.8 cm³/mol. The van der Waals surface area contributed by atoms with Crippen LogP contribution >= 0.6 is 23.4 Å². The lowest BCUT2D eigenvalue weighted by molar-refractivity contribution is 0.841. The number of nitrogens with zero attached hydrogens (tertiary/aromatic N) is 4. The summed E-state index contributed by atoms with van der Waals surface area (Å²) in [7, 11) is 0. The van der Waals surface area contributed by atoms with Gasteiger partial charge in [-0.3, -0.25) is 0 Å². The van der Waals surface area contributed by atoms with Crippen molar-refractivity contribution in [2.45, 2.75) is 18.4 Å². The number of thioether (sulfide) groups is 1. The summed E-state index contributed by atoms with van der Waals surface area (Å²) in [6.45, 7) is 2.13. The maximum Gasteiger partial charge on any atom is 0.254 e. The summed E-state index contributed by atoms with van der Waals surface area (Å²) in [6.07, 6.45) is 2.59. The Morgan fingerprint density at radius 1 is 1.57 bits per heavy atom. The molecule has 0 saturated heterocycles. The zero-order valence-electron chi connectivity index (χ0n) is 7.64. The Labute approximate surface area is 90.7 Å². The van der Waals surface area contributed by atoms with Gasteiger partial charge in [-0.15, -0.1) is 11.8 Å². The van der Waals surface area contributed by atoms with E-state index < -0.39 is 0 Å². The standard InChI is InChI=1S/C8H9ClN4S/c1-2-3-14-7-4-6(9)12-8-10-5-11-13(7)8/h4-5H,2-3H2,1H3. The van der Waals surface area contributed by atoms with Crippen molar-refractivity contribution in [2.75, 3.05) is 5.75 Å². The van der Waals surface area contributed by atoms with Crippen LogP contribution in [0.1, 0.15) is 13.3 Å². The molecule has 14 heavy (non-hydrogen) atoms. The molecule has 0 N–H and O–H groups in total. The van der Waals surface area contributed by atoms with E-state index in [0.717, 1.165) is 17.2 Å². The van der Waals surface area contributed by atoms with Gasteiger partial charge in [0.2, 0.25) is 0 Å². The Morgan fingerprint density at radius 2 is 2.43 bits per heavy atom. The SMILES string of the molecule is CCCSc1cc(Cl)nc2ncnn12. The van der Waals surface area contributed by atoms with Gasteiger partial charge < -0.3 is 0 Å². The van der Waals surface area contributed by atoms with Crippen LogP contribution in [0.15, 0.2) is 17.4 Å². The van der Waals surface area contributed by atoms with Crippen LogP contribution in [0.3, 0.4) is 0 Å². The maximum atomic E-state index is 5.85. The Kier molecular flexibility index (Phi) is 2.88. The molecule has 0 aliphatic carbocycles. The number of halogens is 1. The van der Waals surface area contributed by atoms with Gasteiger partial charge in [-0.2, -0.15) is 19.6 Å². The van der Waals surface area contributed by atoms with Gasteiger partial charge in [0.25, 0.3) is 5.78 Å². The first-order valence-electron chi connectivity index (χ1n) is 4.30. The fourth-order valence-electron chi connectivity index (χ4n) is 1.07. The van der Waals surface area contributed by atoms with E-state index in [1.807, 2.05) is 6.07 Å². The van der Waals surface area contributed by atoms with Crippen molar-refractivity contribution in [1.29, 1.82) is 0 Å². The van der Waals surface area contributed by atoms with E-state index in [1.165, 1.54) is 6.33 Å². The lowest BCUT2D eigenvalue weighted by atomic mass is 10.6. The third-order valence-electron chi connectivity index (χ3n) is 1.64. The van der Waals surface area contributed by atoms with Crippen LogP contribution in [0, 0.1) is 0 Å². The first-order valence-corrected chi connectivity index (χ1v) is 5.66. The lowest BCUT2D eigenvalue weighted by Gasteiger charge is -2.02. The van der Waals surface area contributed by atoms with Crippen LogP contribution in [0.25, 0.3) is 5.78 Å². The second-order valence-electron chi connectivity index (χ2n) is 2.74. The fraction of sp³-hybridized carbons (Fsp3) is 0.375. The van der Waals surface area contributed by atoms with Gasteiger partial charge in [-0.1, -0.05) is 18.5 Å². The topological polar surface area (TPSA) is 43.1 Å². The molecule has 2 rings (SSSR count). The normalized spacial score (nSPS) is 11.0. The molecule has 0 aromatic carbocycles. The summed E-state index contributed by atoms with van der Waals surface area (Å²) in [5, 5.41) is 5.52. The van der Waals surface area contributed by atoms with Crippen molar-refractivity contribution in [2.24, 2.45) is 0 Å². The van der Waals surface area contributed by atoms with Crippen molar-refractivity contribution in [3.63, 3.8) is 0 Å². The first kappa shape index (κ1) is 9.73. The van der Waals surface area contributed by atoms with Gasteiger partial charge in [-0.25, -0.2) is 0 Å². The van der Waals surface area contributed by atoms with Crippen LogP contribution in [-0.2, 0) is 0 Å². The molecule has 74 valence electrons. The number of fused-ring (bicyclic) bond motifs is 1. The van der Waals surface area contributed by atoms with Crippen LogP contribution in [0.4, 0.5) is 0 Å². The molecule has 0 atom stereocenters. The van der Waals surface area contributed by atoms with Gasteiger partial charge in [-0.05, 0) is 12.2 Å². The molecule has 2 aromatic rings. The summed E-state index contributed by atoms with van der Waals surface area (Å²) in [5.41, 5.74) is 0. The van der Waals surface area contributed by atoms with Crippen molar-refractivity contribution in [3.05, 3.63) is 17.5 Å². The minimum atomic E-state index is 0.462. The highest BCUT2D eigenvalue weighted by molar-refractivity contribution is 7.99. The number of aromatic nitrogens is 4. The molecule has 2 aromatic heterocycles. The smallest absolute Gasteiger partial charge is 0.199 e. The van der Waals surface area contributed by atoms with Crippen molar-refractivity contribution in [1.82, 2.24) is 19.6 Å². The van der Waals surface area contributed by atoms with E-state index in [-0.39, 0.29) is 0 Å². The summed E-state index contributed by atoms with van der Waals surface area (Å²) >= 11 is 7.56. The molecule has 0 radical (unpaired) electrons. The molecule has 0 saturated carbocycles. The first-order chi connectivity index (χ1) is 6.81. The average Bonchev–Trinajstić information content (AvgIpc) is 2.61. The van der Waals surface area contributed by atoms with E-state index in [4.69, 9.17) is 11.6 Å². The van der Waals surface area contributed by atoms with Crippen LogP contribution in [0.2, 0.25) is 5.15 Å². The second-order valence-corrected chi connectivity index (χ2v) is 4.24. The van der Waals surface area contributed by atoms with Gasteiger partial charge in [0.15, 0.2) is 0 Å². The minimum Gasteiger partial charge on any atom is -0.199 e. The highest BCUT2D eigenvalue weighted by Crippen LogP contribution is 2.21. The number of rotatable bonds is 3. The van der Waals surface area contributed by atoms with Gasteiger partial charge in [0, 0.05) is 6.07 Å². The van der Waals surface area contributed by atoms with E-state index in [0.29, 0.717) is 10.9 Å². The zero-order valence-corrected chi connectivity index (χ0v) is 9.22. The zero-order chi connectivity index (χ0) is 9.97. The minimum absolute atomic E-state index is 0.462. The Bertz CT molecular complexity index is 442. The van der Waals surface area contributed by atoms with Gasteiger partial charge in [0.1, 0.15) is 16.5 Å². The molecule has 6 heteroatoms. The second kappa shape index (κ2) is 4.14. The Balaban J connectivity index is 2.44. The summed E-state index contributed by atoms with van der Waals surface area (Å²) in [6, 6.07) is 1.81. The van der Waals surface area contributed by atoms with E-state index >= 15 is 0 Å². The van der Waals surface area contributed by atoms with Gasteiger partial charge in [0.05, 0.1) is 0 Å². The molecule has 4 nitrogen and oxygen atoms in total. The van der Waals surface area contributed by atoms with Crippen LogP contribution in [-0.4, -0.2) is 25.3 Å². The van der Waals surface area contributed by atoms with Gasteiger partial charge >= 0.3 is 0 Å².